The van der Waals surface area contributed by atoms with Crippen molar-refractivity contribution in [3.05, 3.63) is 65.6 Å². The minimum Gasteiger partial charge on any atom is -0.491 e. The van der Waals surface area contributed by atoms with Gasteiger partial charge in [0.25, 0.3) is 5.91 Å². The third-order valence-electron chi connectivity index (χ3n) is 5.82. The van der Waals surface area contributed by atoms with Crippen LogP contribution in [0.5, 0.6) is 0 Å². The van der Waals surface area contributed by atoms with Crippen molar-refractivity contribution in [1.82, 2.24) is 4.90 Å². The summed E-state index contributed by atoms with van der Waals surface area (Å²) in [5.41, 5.74) is 4.28. The van der Waals surface area contributed by atoms with E-state index >= 15 is 0 Å². The van der Waals surface area contributed by atoms with Crippen LogP contribution in [0.15, 0.2) is 60.0 Å². The number of nitrogens with one attached hydrogen (secondary N) is 1. The molecule has 0 bridgehead atoms. The van der Waals surface area contributed by atoms with Crippen molar-refractivity contribution >= 4 is 17.5 Å². The fourth-order valence-corrected chi connectivity index (χ4v) is 4.02. The number of aryl methyl sites for hydroxylation is 1. The van der Waals surface area contributed by atoms with E-state index in [9.17, 15) is 9.59 Å². The molecule has 0 aliphatic carbocycles. The first-order chi connectivity index (χ1) is 15.0. The number of hydrogen-bond donors (Lipinski definition) is 1. The van der Waals surface area contributed by atoms with Crippen LogP contribution in [-0.4, -0.2) is 43.0 Å². The largest absolute Gasteiger partial charge is 0.491 e. The highest BCUT2D eigenvalue weighted by atomic mass is 16.6. The summed E-state index contributed by atoms with van der Waals surface area (Å²) in [6, 6.07) is 16.3. The molecule has 6 nitrogen and oxygen atoms in total. The highest BCUT2D eigenvalue weighted by molar-refractivity contribution is 5.94. The van der Waals surface area contributed by atoms with E-state index in [2.05, 4.69) is 30.4 Å². The molecule has 1 fully saturated rings. The van der Waals surface area contributed by atoms with Crippen LogP contribution in [0, 0.1) is 12.8 Å². The number of piperidine rings is 1. The third-order valence-corrected chi connectivity index (χ3v) is 5.82. The van der Waals surface area contributed by atoms with E-state index in [0.29, 0.717) is 50.7 Å². The van der Waals surface area contributed by atoms with E-state index < -0.39 is 0 Å². The number of carbonyl (C=O) groups excluding carboxylic acids is 2. The van der Waals surface area contributed by atoms with Gasteiger partial charge in [-0.1, -0.05) is 42.0 Å². The highest BCUT2D eigenvalue weighted by Gasteiger charge is 2.31. The maximum atomic E-state index is 12.7. The second-order valence-corrected chi connectivity index (χ2v) is 8.08. The molecule has 4 rings (SSSR count). The molecule has 0 unspecified atom stereocenters. The Hall–Kier alpha value is -3.28. The van der Waals surface area contributed by atoms with Crippen LogP contribution in [0.2, 0.25) is 0 Å². The number of allylic oxidation sites excluding steroid dienone is 1. The lowest BCUT2D eigenvalue weighted by Crippen LogP contribution is -2.43. The predicted molar refractivity (Wildman–Crippen MR) is 119 cm³/mol. The Labute approximate surface area is 182 Å². The SMILES string of the molecule is CC1=C(C(=O)N2CCC(C(=O)Nc3ccc(-c4cccc(C)c4)cc3)CC2)OCCO1. The van der Waals surface area contributed by atoms with E-state index in [4.69, 9.17) is 9.47 Å². The van der Waals surface area contributed by atoms with Crippen LogP contribution in [0.3, 0.4) is 0 Å². The minimum atomic E-state index is -0.150. The van der Waals surface area contributed by atoms with Crippen LogP contribution in [0.1, 0.15) is 25.3 Å². The number of hydrogen-bond acceptors (Lipinski definition) is 4. The Morgan fingerprint density at radius 1 is 0.935 bits per heavy atom. The predicted octanol–water partition coefficient (Wildman–Crippen LogP) is 4.12. The third kappa shape index (κ3) is 4.90. The van der Waals surface area contributed by atoms with Gasteiger partial charge in [0.15, 0.2) is 0 Å². The molecule has 2 aliphatic heterocycles. The van der Waals surface area contributed by atoms with Gasteiger partial charge in [0.1, 0.15) is 19.0 Å². The van der Waals surface area contributed by atoms with Gasteiger partial charge < -0.3 is 19.7 Å². The molecule has 0 atom stereocenters. The summed E-state index contributed by atoms with van der Waals surface area (Å²) in [5, 5.41) is 3.02. The van der Waals surface area contributed by atoms with E-state index in [0.717, 1.165) is 16.8 Å². The van der Waals surface area contributed by atoms with Gasteiger partial charge >= 0.3 is 0 Å². The van der Waals surface area contributed by atoms with Gasteiger partial charge in [-0.15, -0.1) is 0 Å². The summed E-state index contributed by atoms with van der Waals surface area (Å²) in [4.78, 5) is 27.1. The zero-order chi connectivity index (χ0) is 21.8. The zero-order valence-corrected chi connectivity index (χ0v) is 18.0. The van der Waals surface area contributed by atoms with Gasteiger partial charge in [0.2, 0.25) is 11.7 Å². The number of amides is 2. The van der Waals surface area contributed by atoms with Crippen molar-refractivity contribution in [2.24, 2.45) is 5.92 Å². The molecule has 6 heteroatoms. The lowest BCUT2D eigenvalue weighted by molar-refractivity contribution is -0.135. The smallest absolute Gasteiger partial charge is 0.292 e. The van der Waals surface area contributed by atoms with E-state index in [1.807, 2.05) is 30.3 Å². The first-order valence-corrected chi connectivity index (χ1v) is 10.7. The Kier molecular flexibility index (Phi) is 6.26. The first-order valence-electron chi connectivity index (χ1n) is 10.7. The second-order valence-electron chi connectivity index (χ2n) is 8.08. The van der Waals surface area contributed by atoms with Gasteiger partial charge in [-0.05, 0) is 49.9 Å². The fourth-order valence-electron chi connectivity index (χ4n) is 4.02. The number of nitrogens with zero attached hydrogens (tertiary/aromatic N) is 1. The fraction of sp³-hybridized carbons (Fsp3) is 0.360. The van der Waals surface area contributed by atoms with E-state index in [1.165, 1.54) is 5.56 Å². The Morgan fingerprint density at radius 3 is 2.32 bits per heavy atom. The molecule has 31 heavy (non-hydrogen) atoms. The van der Waals surface area contributed by atoms with Crippen molar-refractivity contribution in [1.29, 1.82) is 0 Å². The van der Waals surface area contributed by atoms with Gasteiger partial charge in [-0.3, -0.25) is 9.59 Å². The maximum Gasteiger partial charge on any atom is 0.292 e. The summed E-state index contributed by atoms with van der Waals surface area (Å²) in [6.07, 6.45) is 1.26. The topological polar surface area (TPSA) is 67.9 Å². The summed E-state index contributed by atoms with van der Waals surface area (Å²) in [5.74, 6) is 0.568. The highest BCUT2D eigenvalue weighted by Crippen LogP contribution is 2.25. The average Bonchev–Trinajstić information content (AvgIpc) is 2.79. The van der Waals surface area contributed by atoms with Gasteiger partial charge in [-0.25, -0.2) is 0 Å². The van der Waals surface area contributed by atoms with Crippen molar-refractivity contribution in [2.75, 3.05) is 31.6 Å². The minimum absolute atomic E-state index is 0.00282. The van der Waals surface area contributed by atoms with Crippen molar-refractivity contribution in [3.8, 4) is 11.1 Å². The molecule has 162 valence electrons. The lowest BCUT2D eigenvalue weighted by atomic mass is 9.95. The Morgan fingerprint density at radius 2 is 1.65 bits per heavy atom. The number of ether oxygens (including phenoxy) is 2. The monoisotopic (exact) mass is 420 g/mol. The molecule has 2 aliphatic rings. The molecule has 2 aromatic rings. The summed E-state index contributed by atoms with van der Waals surface area (Å²) < 4.78 is 10.9. The summed E-state index contributed by atoms with van der Waals surface area (Å²) >= 11 is 0. The molecule has 0 saturated carbocycles. The molecular weight excluding hydrogens is 392 g/mol. The van der Waals surface area contributed by atoms with Crippen molar-refractivity contribution in [2.45, 2.75) is 26.7 Å². The van der Waals surface area contributed by atoms with Crippen LogP contribution in [0.25, 0.3) is 11.1 Å². The molecule has 0 spiro atoms. The van der Waals surface area contributed by atoms with Crippen LogP contribution in [-0.2, 0) is 19.1 Å². The Bertz CT molecular complexity index is 989. The summed E-state index contributed by atoms with van der Waals surface area (Å²) in [7, 11) is 0. The molecule has 2 amide bonds. The zero-order valence-electron chi connectivity index (χ0n) is 18.0. The molecule has 1 saturated heterocycles. The second kappa shape index (κ2) is 9.25. The molecule has 1 N–H and O–H groups in total. The number of benzene rings is 2. The molecular formula is C25H28N2O4. The standard InChI is InChI=1S/C25H28N2O4/c1-17-4-3-5-21(16-17)19-6-8-22(9-7-19)26-24(28)20-10-12-27(13-11-20)25(29)23-18(2)30-14-15-31-23/h3-9,16,20H,10-15H2,1-2H3,(H,26,28). The number of anilines is 1. The maximum absolute atomic E-state index is 12.7. The number of carbonyl (C=O) groups is 2. The van der Waals surface area contributed by atoms with Crippen LogP contribution < -0.4 is 5.32 Å². The molecule has 0 radical (unpaired) electrons. The van der Waals surface area contributed by atoms with E-state index in [-0.39, 0.29) is 17.7 Å². The summed E-state index contributed by atoms with van der Waals surface area (Å²) in [6.45, 7) is 5.74. The normalized spacial score (nSPS) is 17.0. The van der Waals surface area contributed by atoms with Crippen molar-refractivity contribution in [3.63, 3.8) is 0 Å². The van der Waals surface area contributed by atoms with Crippen molar-refractivity contribution < 1.29 is 19.1 Å². The van der Waals surface area contributed by atoms with Crippen LogP contribution >= 0.6 is 0 Å². The molecule has 2 heterocycles. The van der Waals surface area contributed by atoms with Gasteiger partial charge in [0.05, 0.1) is 0 Å². The first kappa shape index (κ1) is 21.0. The number of rotatable bonds is 4. The Balaban J connectivity index is 1.31. The number of likely N-dealkylation sites (tertiary alicyclic amines) is 1. The quantitative estimate of drug-likeness (QED) is 0.808. The van der Waals surface area contributed by atoms with Crippen LogP contribution in [0.4, 0.5) is 5.69 Å². The van der Waals surface area contributed by atoms with Gasteiger partial charge in [-0.2, -0.15) is 0 Å². The average molecular weight is 421 g/mol. The molecule has 2 aromatic carbocycles. The van der Waals surface area contributed by atoms with E-state index in [1.54, 1.807) is 11.8 Å². The van der Waals surface area contributed by atoms with Gasteiger partial charge in [0, 0.05) is 24.7 Å². The molecule has 0 aromatic heterocycles. The lowest BCUT2D eigenvalue weighted by Gasteiger charge is -2.32.